The lowest BCUT2D eigenvalue weighted by molar-refractivity contribution is 0.184. The predicted molar refractivity (Wildman–Crippen MR) is 59.4 cm³/mol. The molecule has 1 N–H and O–H groups in total. The summed E-state index contributed by atoms with van der Waals surface area (Å²) in [5.74, 6) is 0.431. The van der Waals surface area contributed by atoms with E-state index in [4.69, 9.17) is 27.9 Å². The van der Waals surface area contributed by atoms with Crippen LogP contribution in [0.2, 0.25) is 10.4 Å². The molecule has 1 heterocycles. The summed E-state index contributed by atoms with van der Waals surface area (Å²) in [6, 6.07) is 0.125. The largest absolute Gasteiger partial charge is 0.383 e. The Morgan fingerprint density at radius 2 is 2.13 bits per heavy atom. The zero-order valence-electron chi connectivity index (χ0n) is 8.50. The number of ether oxygens (including phenoxy) is 1. The summed E-state index contributed by atoms with van der Waals surface area (Å²) in [6.07, 6.45) is 0.881. The van der Waals surface area contributed by atoms with Crippen LogP contribution in [0.4, 0.5) is 5.82 Å². The molecule has 0 radical (unpaired) electrons. The maximum atomic E-state index is 5.80. The summed E-state index contributed by atoms with van der Waals surface area (Å²) < 4.78 is 5.03. The standard InChI is InChI=1S/C8H12Cl2N4O/c1-3-5(4-15-2)11-7-6(9)13-14-8(10)12-7/h5H,3-4H2,1-2H3,(H,11,12,14). The number of nitrogens with zero attached hydrogens (tertiary/aromatic N) is 3. The molecule has 0 aliphatic rings. The first-order valence-electron chi connectivity index (χ1n) is 4.48. The molecule has 0 bridgehead atoms. The summed E-state index contributed by atoms with van der Waals surface area (Å²) in [4.78, 5) is 3.94. The van der Waals surface area contributed by atoms with Crippen LogP contribution >= 0.6 is 23.2 Å². The summed E-state index contributed by atoms with van der Waals surface area (Å²) in [7, 11) is 1.64. The van der Waals surface area contributed by atoms with Crippen molar-refractivity contribution in [2.24, 2.45) is 0 Å². The van der Waals surface area contributed by atoms with Gasteiger partial charge in [0.15, 0.2) is 11.0 Å². The van der Waals surface area contributed by atoms with Gasteiger partial charge in [0.25, 0.3) is 0 Å². The Morgan fingerprint density at radius 1 is 1.40 bits per heavy atom. The lowest BCUT2D eigenvalue weighted by Gasteiger charge is -2.16. The number of rotatable bonds is 5. The van der Waals surface area contributed by atoms with Gasteiger partial charge in [-0.1, -0.05) is 18.5 Å². The number of hydrogen-bond donors (Lipinski definition) is 1. The van der Waals surface area contributed by atoms with Crippen molar-refractivity contribution in [3.05, 3.63) is 10.4 Å². The van der Waals surface area contributed by atoms with Gasteiger partial charge in [-0.3, -0.25) is 0 Å². The number of anilines is 1. The van der Waals surface area contributed by atoms with E-state index in [-0.39, 0.29) is 16.5 Å². The topological polar surface area (TPSA) is 59.9 Å². The third kappa shape index (κ3) is 3.77. The van der Waals surface area contributed by atoms with E-state index in [1.54, 1.807) is 7.11 Å². The molecule has 0 fully saturated rings. The van der Waals surface area contributed by atoms with E-state index >= 15 is 0 Å². The lowest BCUT2D eigenvalue weighted by Crippen LogP contribution is -2.25. The Kier molecular flexibility index (Phi) is 5.01. The van der Waals surface area contributed by atoms with Gasteiger partial charge in [-0.2, -0.15) is 4.98 Å². The predicted octanol–water partition coefficient (Wildman–Crippen LogP) is 2.02. The van der Waals surface area contributed by atoms with E-state index in [0.29, 0.717) is 12.4 Å². The van der Waals surface area contributed by atoms with E-state index in [1.165, 1.54) is 0 Å². The molecule has 1 aromatic heterocycles. The van der Waals surface area contributed by atoms with E-state index < -0.39 is 0 Å². The minimum absolute atomic E-state index is 0.0640. The monoisotopic (exact) mass is 250 g/mol. The Balaban J connectivity index is 2.73. The molecule has 1 unspecified atom stereocenters. The highest BCUT2D eigenvalue weighted by Gasteiger charge is 2.11. The van der Waals surface area contributed by atoms with Crippen molar-refractivity contribution in [1.82, 2.24) is 15.2 Å². The van der Waals surface area contributed by atoms with Crippen molar-refractivity contribution >= 4 is 29.0 Å². The molecule has 1 atom stereocenters. The van der Waals surface area contributed by atoms with Crippen LogP contribution in [-0.2, 0) is 4.74 Å². The van der Waals surface area contributed by atoms with Crippen molar-refractivity contribution in [2.75, 3.05) is 19.0 Å². The quantitative estimate of drug-likeness (QED) is 0.867. The van der Waals surface area contributed by atoms with Crippen LogP contribution in [0.25, 0.3) is 0 Å². The highest BCUT2D eigenvalue weighted by Crippen LogP contribution is 2.18. The minimum Gasteiger partial charge on any atom is -0.383 e. The number of halogens is 2. The molecule has 0 spiro atoms. The number of methoxy groups -OCH3 is 1. The van der Waals surface area contributed by atoms with Gasteiger partial charge < -0.3 is 10.1 Å². The zero-order chi connectivity index (χ0) is 11.3. The Morgan fingerprint density at radius 3 is 2.73 bits per heavy atom. The third-order valence-corrected chi connectivity index (χ3v) is 2.24. The number of aromatic nitrogens is 3. The fraction of sp³-hybridized carbons (Fsp3) is 0.625. The highest BCUT2D eigenvalue weighted by atomic mass is 35.5. The van der Waals surface area contributed by atoms with Gasteiger partial charge in [-0.15, -0.1) is 10.2 Å². The van der Waals surface area contributed by atoms with Gasteiger partial charge in [0, 0.05) is 7.11 Å². The van der Waals surface area contributed by atoms with Gasteiger partial charge in [0.1, 0.15) is 0 Å². The van der Waals surface area contributed by atoms with Crippen LogP contribution in [0.15, 0.2) is 0 Å². The van der Waals surface area contributed by atoms with Crippen molar-refractivity contribution in [3.8, 4) is 0 Å². The molecule has 0 aliphatic heterocycles. The van der Waals surface area contributed by atoms with E-state index in [0.717, 1.165) is 6.42 Å². The molecule has 0 saturated carbocycles. The van der Waals surface area contributed by atoms with Crippen LogP contribution < -0.4 is 5.32 Å². The summed E-state index contributed by atoms with van der Waals surface area (Å²) in [6.45, 7) is 2.59. The Labute approximate surface area is 98.2 Å². The molecule has 15 heavy (non-hydrogen) atoms. The smallest absolute Gasteiger partial charge is 0.245 e. The molecule has 7 heteroatoms. The van der Waals surface area contributed by atoms with Gasteiger partial charge in [0.05, 0.1) is 12.6 Å². The molecule has 0 aromatic carbocycles. The van der Waals surface area contributed by atoms with Gasteiger partial charge in [0.2, 0.25) is 5.28 Å². The molecule has 0 amide bonds. The average molecular weight is 251 g/mol. The summed E-state index contributed by atoms with van der Waals surface area (Å²) in [5.41, 5.74) is 0. The molecule has 0 saturated heterocycles. The average Bonchev–Trinajstić information content (AvgIpc) is 2.22. The molecule has 0 aliphatic carbocycles. The van der Waals surface area contributed by atoms with Gasteiger partial charge in [-0.05, 0) is 18.0 Å². The van der Waals surface area contributed by atoms with E-state index in [9.17, 15) is 0 Å². The highest BCUT2D eigenvalue weighted by molar-refractivity contribution is 6.32. The first kappa shape index (κ1) is 12.4. The maximum Gasteiger partial charge on any atom is 0.245 e. The first-order valence-corrected chi connectivity index (χ1v) is 5.24. The first-order chi connectivity index (χ1) is 7.17. The number of nitrogens with one attached hydrogen (secondary N) is 1. The molecule has 1 aromatic rings. The molecular formula is C8H12Cl2N4O. The van der Waals surface area contributed by atoms with Crippen LogP contribution in [0.5, 0.6) is 0 Å². The SMILES string of the molecule is CCC(COC)Nc1nc(Cl)nnc1Cl. The lowest BCUT2D eigenvalue weighted by atomic mass is 10.2. The van der Waals surface area contributed by atoms with Gasteiger partial charge >= 0.3 is 0 Å². The van der Waals surface area contributed by atoms with Crippen LogP contribution in [-0.4, -0.2) is 34.9 Å². The second-order valence-corrected chi connectivity index (χ2v) is 3.62. The molecule has 1 rings (SSSR count). The third-order valence-electron chi connectivity index (χ3n) is 1.82. The normalized spacial score (nSPS) is 12.5. The summed E-state index contributed by atoms with van der Waals surface area (Å²) in [5, 5.41) is 10.5. The second-order valence-electron chi connectivity index (χ2n) is 2.93. The van der Waals surface area contributed by atoms with E-state index in [1.807, 2.05) is 6.92 Å². The van der Waals surface area contributed by atoms with E-state index in [2.05, 4.69) is 20.5 Å². The van der Waals surface area contributed by atoms with Crippen molar-refractivity contribution < 1.29 is 4.74 Å². The van der Waals surface area contributed by atoms with Crippen molar-refractivity contribution in [3.63, 3.8) is 0 Å². The van der Waals surface area contributed by atoms with Crippen molar-refractivity contribution in [2.45, 2.75) is 19.4 Å². The Bertz CT molecular complexity index is 324. The molecule has 5 nitrogen and oxygen atoms in total. The van der Waals surface area contributed by atoms with Crippen LogP contribution in [0.1, 0.15) is 13.3 Å². The fourth-order valence-electron chi connectivity index (χ4n) is 1.04. The summed E-state index contributed by atoms with van der Waals surface area (Å²) >= 11 is 11.4. The van der Waals surface area contributed by atoms with Crippen LogP contribution in [0, 0.1) is 0 Å². The molecular weight excluding hydrogens is 239 g/mol. The number of hydrogen-bond acceptors (Lipinski definition) is 5. The fourth-order valence-corrected chi connectivity index (χ4v) is 1.30. The zero-order valence-corrected chi connectivity index (χ0v) is 10.0. The maximum absolute atomic E-state index is 5.80. The van der Waals surface area contributed by atoms with Crippen LogP contribution in [0.3, 0.4) is 0 Å². The molecule has 84 valence electrons. The Hall–Kier alpha value is -0.650. The van der Waals surface area contributed by atoms with Crippen molar-refractivity contribution in [1.29, 1.82) is 0 Å². The second kappa shape index (κ2) is 6.05. The minimum atomic E-state index is 0.0640. The van der Waals surface area contributed by atoms with Gasteiger partial charge in [-0.25, -0.2) is 0 Å².